The van der Waals surface area contributed by atoms with Crippen LogP contribution in [0.1, 0.15) is 21.5 Å². The Morgan fingerprint density at radius 2 is 1.84 bits per heavy atom. The zero-order valence-electron chi connectivity index (χ0n) is 10.5. The van der Waals surface area contributed by atoms with Crippen molar-refractivity contribution in [1.29, 1.82) is 0 Å². The Kier molecular flexibility index (Phi) is 4.15. The minimum Gasteiger partial charge on any atom is -0.508 e. The summed E-state index contributed by atoms with van der Waals surface area (Å²) in [5, 5.41) is 12.1. The summed E-state index contributed by atoms with van der Waals surface area (Å²) in [6.45, 7) is 0.861. The molecule has 98 valence electrons. The van der Waals surface area contributed by atoms with Gasteiger partial charge in [0.1, 0.15) is 5.75 Å². The summed E-state index contributed by atoms with van der Waals surface area (Å²) in [7, 11) is 0. The summed E-state index contributed by atoms with van der Waals surface area (Å²) in [6, 6.07) is 14.0. The van der Waals surface area contributed by atoms with Crippen molar-refractivity contribution in [2.75, 3.05) is 0 Å². The van der Waals surface area contributed by atoms with Crippen LogP contribution < -0.4 is 11.1 Å². The van der Waals surface area contributed by atoms with E-state index < -0.39 is 0 Å². The van der Waals surface area contributed by atoms with E-state index in [2.05, 4.69) is 5.32 Å². The Labute approximate surface area is 111 Å². The van der Waals surface area contributed by atoms with Gasteiger partial charge in [-0.05, 0) is 29.3 Å². The van der Waals surface area contributed by atoms with Crippen molar-refractivity contribution in [2.45, 2.75) is 13.1 Å². The number of hydrogen-bond donors (Lipinski definition) is 3. The normalized spacial score (nSPS) is 10.2. The standard InChI is InChI=1S/C15H16N2O2/c16-9-12-4-1-2-5-13(12)10-17-15(19)11-6-3-7-14(18)8-11/h1-8,18H,9-10,16H2,(H,17,19). The first-order chi connectivity index (χ1) is 9.20. The highest BCUT2D eigenvalue weighted by atomic mass is 16.3. The molecule has 0 unspecified atom stereocenters. The lowest BCUT2D eigenvalue weighted by molar-refractivity contribution is 0.0950. The third kappa shape index (κ3) is 3.33. The molecular weight excluding hydrogens is 240 g/mol. The van der Waals surface area contributed by atoms with Crippen molar-refractivity contribution < 1.29 is 9.90 Å². The summed E-state index contributed by atoms with van der Waals surface area (Å²) in [5.74, 6) is -0.141. The second-order valence-electron chi connectivity index (χ2n) is 4.21. The molecule has 1 amide bonds. The maximum atomic E-state index is 11.9. The Bertz CT molecular complexity index is 582. The summed E-state index contributed by atoms with van der Waals surface area (Å²) in [6.07, 6.45) is 0. The largest absolute Gasteiger partial charge is 0.508 e. The van der Waals surface area contributed by atoms with Gasteiger partial charge >= 0.3 is 0 Å². The van der Waals surface area contributed by atoms with Gasteiger partial charge in [0.15, 0.2) is 0 Å². The first-order valence-electron chi connectivity index (χ1n) is 6.05. The molecule has 0 heterocycles. The van der Waals surface area contributed by atoms with Gasteiger partial charge in [0.25, 0.3) is 5.91 Å². The van der Waals surface area contributed by atoms with Crippen LogP contribution in [0.2, 0.25) is 0 Å². The molecule has 0 aliphatic heterocycles. The van der Waals surface area contributed by atoms with Crippen LogP contribution in [0.5, 0.6) is 5.75 Å². The van der Waals surface area contributed by atoms with E-state index in [-0.39, 0.29) is 11.7 Å². The van der Waals surface area contributed by atoms with E-state index >= 15 is 0 Å². The minimum atomic E-state index is -0.220. The zero-order chi connectivity index (χ0) is 13.7. The van der Waals surface area contributed by atoms with Crippen molar-refractivity contribution >= 4 is 5.91 Å². The molecule has 2 rings (SSSR count). The van der Waals surface area contributed by atoms with Crippen LogP contribution >= 0.6 is 0 Å². The number of rotatable bonds is 4. The molecule has 2 aromatic carbocycles. The molecule has 0 aliphatic carbocycles. The predicted molar refractivity (Wildman–Crippen MR) is 73.6 cm³/mol. The van der Waals surface area contributed by atoms with Gasteiger partial charge in [-0.15, -0.1) is 0 Å². The van der Waals surface area contributed by atoms with E-state index in [0.717, 1.165) is 11.1 Å². The molecule has 0 saturated carbocycles. The summed E-state index contributed by atoms with van der Waals surface area (Å²) in [5.41, 5.74) is 8.09. The quantitative estimate of drug-likeness (QED) is 0.780. The molecule has 4 heteroatoms. The van der Waals surface area contributed by atoms with Gasteiger partial charge in [0, 0.05) is 18.7 Å². The first-order valence-corrected chi connectivity index (χ1v) is 6.05. The molecule has 0 aliphatic rings. The molecule has 0 bridgehead atoms. The molecule has 19 heavy (non-hydrogen) atoms. The lowest BCUT2D eigenvalue weighted by atomic mass is 10.1. The Morgan fingerprint density at radius 3 is 2.53 bits per heavy atom. The second-order valence-corrected chi connectivity index (χ2v) is 4.21. The fraction of sp³-hybridized carbons (Fsp3) is 0.133. The molecule has 4 N–H and O–H groups in total. The van der Waals surface area contributed by atoms with E-state index in [4.69, 9.17) is 5.73 Å². The Balaban J connectivity index is 2.04. The van der Waals surface area contributed by atoms with Crippen molar-refractivity contribution in [3.8, 4) is 5.75 Å². The first kappa shape index (κ1) is 13.1. The van der Waals surface area contributed by atoms with Crippen LogP contribution in [-0.2, 0) is 13.1 Å². The smallest absolute Gasteiger partial charge is 0.251 e. The van der Waals surface area contributed by atoms with Crippen molar-refractivity contribution in [3.63, 3.8) is 0 Å². The lowest BCUT2D eigenvalue weighted by Crippen LogP contribution is -2.23. The van der Waals surface area contributed by atoms with Gasteiger partial charge in [-0.3, -0.25) is 4.79 Å². The van der Waals surface area contributed by atoms with Gasteiger partial charge in [0.2, 0.25) is 0 Å². The molecule has 0 atom stereocenters. The summed E-state index contributed by atoms with van der Waals surface area (Å²) >= 11 is 0. The van der Waals surface area contributed by atoms with Crippen molar-refractivity contribution in [3.05, 3.63) is 65.2 Å². The highest BCUT2D eigenvalue weighted by Crippen LogP contribution is 2.11. The molecule has 4 nitrogen and oxygen atoms in total. The monoisotopic (exact) mass is 256 g/mol. The number of carbonyl (C=O) groups excluding carboxylic acids is 1. The fourth-order valence-corrected chi connectivity index (χ4v) is 1.85. The number of phenols is 1. The van der Waals surface area contributed by atoms with Crippen LogP contribution in [0.3, 0.4) is 0 Å². The zero-order valence-corrected chi connectivity index (χ0v) is 10.5. The van der Waals surface area contributed by atoms with Gasteiger partial charge in [-0.25, -0.2) is 0 Å². The highest BCUT2D eigenvalue weighted by Gasteiger charge is 2.07. The number of benzene rings is 2. The number of carbonyl (C=O) groups is 1. The second kappa shape index (κ2) is 6.02. The average Bonchev–Trinajstić information content (AvgIpc) is 2.45. The number of nitrogens with two attached hydrogens (primary N) is 1. The Hall–Kier alpha value is -2.33. The number of hydrogen-bond acceptors (Lipinski definition) is 3. The van der Waals surface area contributed by atoms with Crippen LogP contribution in [0, 0.1) is 0 Å². The maximum Gasteiger partial charge on any atom is 0.251 e. The van der Waals surface area contributed by atoms with E-state index in [1.165, 1.54) is 12.1 Å². The van der Waals surface area contributed by atoms with Crippen molar-refractivity contribution in [1.82, 2.24) is 5.32 Å². The molecular formula is C15H16N2O2. The van der Waals surface area contributed by atoms with Crippen LogP contribution in [-0.4, -0.2) is 11.0 Å². The van der Waals surface area contributed by atoms with Crippen LogP contribution in [0.25, 0.3) is 0 Å². The van der Waals surface area contributed by atoms with E-state index in [0.29, 0.717) is 18.7 Å². The summed E-state index contributed by atoms with van der Waals surface area (Å²) in [4.78, 5) is 11.9. The topological polar surface area (TPSA) is 75.3 Å². The highest BCUT2D eigenvalue weighted by molar-refractivity contribution is 5.94. The van der Waals surface area contributed by atoms with Crippen molar-refractivity contribution in [2.24, 2.45) is 5.73 Å². The van der Waals surface area contributed by atoms with Crippen LogP contribution in [0.15, 0.2) is 48.5 Å². The molecule has 0 aromatic heterocycles. The predicted octanol–water partition coefficient (Wildman–Crippen LogP) is 1.78. The van der Waals surface area contributed by atoms with Gasteiger partial charge in [0.05, 0.1) is 0 Å². The minimum absolute atomic E-state index is 0.0787. The van der Waals surface area contributed by atoms with E-state index in [1.54, 1.807) is 12.1 Å². The maximum absolute atomic E-state index is 11.9. The lowest BCUT2D eigenvalue weighted by Gasteiger charge is -2.09. The molecule has 2 aromatic rings. The molecule has 0 saturated heterocycles. The number of amides is 1. The molecule has 0 radical (unpaired) electrons. The number of phenolic OH excluding ortho intramolecular Hbond substituents is 1. The SMILES string of the molecule is NCc1ccccc1CNC(=O)c1cccc(O)c1. The van der Waals surface area contributed by atoms with Gasteiger partial charge in [-0.2, -0.15) is 0 Å². The van der Waals surface area contributed by atoms with E-state index in [9.17, 15) is 9.90 Å². The third-order valence-electron chi connectivity index (χ3n) is 2.89. The summed E-state index contributed by atoms with van der Waals surface area (Å²) < 4.78 is 0. The van der Waals surface area contributed by atoms with Crippen LogP contribution in [0.4, 0.5) is 0 Å². The number of nitrogens with one attached hydrogen (secondary N) is 1. The van der Waals surface area contributed by atoms with Gasteiger partial charge in [-0.1, -0.05) is 30.3 Å². The van der Waals surface area contributed by atoms with Gasteiger partial charge < -0.3 is 16.2 Å². The van der Waals surface area contributed by atoms with E-state index in [1.807, 2.05) is 24.3 Å². The average molecular weight is 256 g/mol. The third-order valence-corrected chi connectivity index (χ3v) is 2.89. The Morgan fingerprint density at radius 1 is 1.11 bits per heavy atom. The fourth-order valence-electron chi connectivity index (χ4n) is 1.85. The number of aromatic hydroxyl groups is 1. The molecule has 0 spiro atoms. The molecule has 0 fully saturated rings.